The molecule has 3 aromatic rings. The lowest BCUT2D eigenvalue weighted by Crippen LogP contribution is -2.43. The van der Waals surface area contributed by atoms with Gasteiger partial charge in [0.25, 0.3) is 5.60 Å². The Bertz CT molecular complexity index is 1300. The molecular weight excluding hydrogens is 552 g/mol. The van der Waals surface area contributed by atoms with Crippen molar-refractivity contribution in [2.24, 2.45) is 5.16 Å². The van der Waals surface area contributed by atoms with Gasteiger partial charge in [-0.1, -0.05) is 40.0 Å². The first kappa shape index (κ1) is 25.4. The summed E-state index contributed by atoms with van der Waals surface area (Å²) in [5.74, 6) is -1.37. The highest BCUT2D eigenvalue weighted by molar-refractivity contribution is 6.35. The minimum atomic E-state index is -5.01. The number of anilines is 1. The highest BCUT2D eigenvalue weighted by Crippen LogP contribution is 2.49. The van der Waals surface area contributed by atoms with Gasteiger partial charge < -0.3 is 14.7 Å². The highest BCUT2D eigenvalue weighted by Gasteiger charge is 2.62. The zero-order valence-electron chi connectivity index (χ0n) is 16.8. The minimum Gasteiger partial charge on any atom is -0.372 e. The number of nitrogens with one attached hydrogen (secondary N) is 1. The van der Waals surface area contributed by atoms with Crippen LogP contribution in [0.3, 0.4) is 0 Å². The fourth-order valence-electron chi connectivity index (χ4n) is 3.32. The van der Waals surface area contributed by atoms with Crippen molar-refractivity contribution in [3.63, 3.8) is 0 Å². The summed E-state index contributed by atoms with van der Waals surface area (Å²) in [6.45, 7) is 0. The van der Waals surface area contributed by atoms with Gasteiger partial charge in [-0.15, -0.1) is 0 Å². The summed E-state index contributed by atoms with van der Waals surface area (Å²) in [5.41, 5.74) is -4.54. The molecule has 1 N–H and O–H groups in total. The molecule has 1 aromatic heterocycles. The van der Waals surface area contributed by atoms with E-state index in [1.165, 1.54) is 18.2 Å². The van der Waals surface area contributed by atoms with Crippen LogP contribution in [-0.4, -0.2) is 21.6 Å². The van der Waals surface area contributed by atoms with Crippen molar-refractivity contribution in [2.75, 3.05) is 5.32 Å². The standard InChI is InChI=1S/C20H10Cl3F7N4O/c21-11-2-1-10(5-14(11)34-7-15(31-8-34)19(25,26)27)32-16-6-18(35-33-16,20(28,29)30)9-3-12(22)17(24)13(23)4-9/h1-5,7-8H,6H2,(H,32,33). The van der Waals surface area contributed by atoms with Crippen molar-refractivity contribution in [2.45, 2.75) is 24.4 Å². The number of halogens is 10. The van der Waals surface area contributed by atoms with Gasteiger partial charge in [0.05, 0.1) is 33.5 Å². The fraction of sp³-hybridized carbons (Fsp3) is 0.200. The highest BCUT2D eigenvalue weighted by atomic mass is 35.5. The number of nitrogens with zero attached hydrogens (tertiary/aromatic N) is 3. The van der Waals surface area contributed by atoms with Gasteiger partial charge >= 0.3 is 12.4 Å². The third kappa shape index (κ3) is 4.74. The smallest absolute Gasteiger partial charge is 0.372 e. The molecule has 0 amide bonds. The lowest BCUT2D eigenvalue weighted by molar-refractivity contribution is -0.275. The molecule has 35 heavy (non-hydrogen) atoms. The Morgan fingerprint density at radius 3 is 2.20 bits per heavy atom. The van der Waals surface area contributed by atoms with E-state index in [0.29, 0.717) is 6.20 Å². The van der Waals surface area contributed by atoms with Crippen LogP contribution >= 0.6 is 34.8 Å². The summed E-state index contributed by atoms with van der Waals surface area (Å²) in [6, 6.07) is 5.46. The van der Waals surface area contributed by atoms with Gasteiger partial charge in [-0.05, 0) is 30.3 Å². The molecule has 186 valence electrons. The summed E-state index contributed by atoms with van der Waals surface area (Å²) < 4.78 is 95.6. The Morgan fingerprint density at radius 2 is 1.63 bits per heavy atom. The van der Waals surface area contributed by atoms with Crippen LogP contribution in [0.4, 0.5) is 36.4 Å². The van der Waals surface area contributed by atoms with Crippen LogP contribution in [0.5, 0.6) is 0 Å². The van der Waals surface area contributed by atoms with Gasteiger partial charge in [-0.25, -0.2) is 9.37 Å². The van der Waals surface area contributed by atoms with E-state index in [0.717, 1.165) is 23.0 Å². The van der Waals surface area contributed by atoms with Gasteiger partial charge in [-0.2, -0.15) is 26.3 Å². The zero-order chi connectivity index (χ0) is 25.8. The molecule has 0 radical (unpaired) electrons. The second kappa shape index (κ2) is 8.75. The number of amidine groups is 1. The summed E-state index contributed by atoms with van der Waals surface area (Å²) in [4.78, 5) is 8.08. The van der Waals surface area contributed by atoms with Crippen LogP contribution < -0.4 is 5.32 Å². The number of aromatic nitrogens is 2. The monoisotopic (exact) mass is 560 g/mol. The molecule has 0 fully saturated rings. The van der Waals surface area contributed by atoms with Gasteiger partial charge in [0.15, 0.2) is 17.3 Å². The van der Waals surface area contributed by atoms with E-state index < -0.39 is 51.5 Å². The molecule has 1 aliphatic heterocycles. The number of hydrogen-bond donors (Lipinski definition) is 1. The third-order valence-corrected chi connectivity index (χ3v) is 5.89. The fourth-order valence-corrected chi connectivity index (χ4v) is 4.02. The van der Waals surface area contributed by atoms with E-state index in [1.807, 2.05) is 0 Å². The Balaban J connectivity index is 1.63. The molecule has 0 saturated carbocycles. The summed E-state index contributed by atoms with van der Waals surface area (Å²) >= 11 is 17.4. The Morgan fingerprint density at radius 1 is 0.971 bits per heavy atom. The van der Waals surface area contributed by atoms with Crippen molar-refractivity contribution < 1.29 is 35.6 Å². The van der Waals surface area contributed by atoms with Crippen molar-refractivity contribution in [1.29, 1.82) is 0 Å². The van der Waals surface area contributed by atoms with Crippen LogP contribution in [0.2, 0.25) is 15.1 Å². The SMILES string of the molecule is Fc1c(Cl)cc(C2(C(F)(F)F)CC(Nc3ccc(Cl)c(-n4cnc(C(F)(F)F)c4)c3)=NO2)cc1Cl. The number of oxime groups is 1. The van der Waals surface area contributed by atoms with E-state index in [-0.39, 0.29) is 22.2 Å². The first-order valence-corrected chi connectivity index (χ1v) is 10.5. The second-order valence-corrected chi connectivity index (χ2v) is 8.56. The van der Waals surface area contributed by atoms with E-state index in [2.05, 4.69) is 15.5 Å². The van der Waals surface area contributed by atoms with Crippen LogP contribution in [0.15, 0.2) is 48.0 Å². The van der Waals surface area contributed by atoms with E-state index in [4.69, 9.17) is 39.6 Å². The van der Waals surface area contributed by atoms with Crippen molar-refractivity contribution in [3.8, 4) is 5.69 Å². The van der Waals surface area contributed by atoms with E-state index in [1.54, 1.807) is 0 Å². The van der Waals surface area contributed by atoms with Crippen LogP contribution in [0, 0.1) is 5.82 Å². The maximum Gasteiger partial charge on any atom is 0.435 e. The predicted molar refractivity (Wildman–Crippen MR) is 114 cm³/mol. The number of alkyl halides is 6. The van der Waals surface area contributed by atoms with Crippen molar-refractivity contribution >= 4 is 46.3 Å². The molecule has 4 rings (SSSR count). The first-order valence-electron chi connectivity index (χ1n) is 9.36. The average molecular weight is 562 g/mol. The molecule has 5 nitrogen and oxygen atoms in total. The normalized spacial score (nSPS) is 18.4. The van der Waals surface area contributed by atoms with Crippen molar-refractivity contribution in [3.05, 3.63) is 75.0 Å². The van der Waals surface area contributed by atoms with Crippen LogP contribution in [0.25, 0.3) is 5.69 Å². The topological polar surface area (TPSA) is 51.4 Å². The number of benzene rings is 2. The van der Waals surface area contributed by atoms with Crippen molar-refractivity contribution in [1.82, 2.24) is 9.55 Å². The molecule has 0 bridgehead atoms. The maximum absolute atomic E-state index is 14.1. The van der Waals surface area contributed by atoms with Crippen LogP contribution in [-0.2, 0) is 16.6 Å². The summed E-state index contributed by atoms with van der Waals surface area (Å²) in [7, 11) is 0. The lowest BCUT2D eigenvalue weighted by atomic mass is 9.89. The molecular formula is C20H10Cl3F7N4O. The molecule has 1 unspecified atom stereocenters. The minimum absolute atomic E-state index is 0.0477. The summed E-state index contributed by atoms with van der Waals surface area (Å²) in [5, 5.41) is 4.87. The quantitative estimate of drug-likeness (QED) is 0.265. The first-order chi connectivity index (χ1) is 16.2. The third-order valence-electron chi connectivity index (χ3n) is 5.02. The molecule has 15 heteroatoms. The Hall–Kier alpha value is -2.70. The van der Waals surface area contributed by atoms with E-state index >= 15 is 0 Å². The number of imidazole rings is 1. The van der Waals surface area contributed by atoms with Gasteiger partial charge in [-0.3, -0.25) is 0 Å². The molecule has 2 aromatic carbocycles. The largest absolute Gasteiger partial charge is 0.435 e. The predicted octanol–water partition coefficient (Wildman–Crippen LogP) is 7.59. The Labute approximate surface area is 207 Å². The van der Waals surface area contributed by atoms with Gasteiger partial charge in [0, 0.05) is 17.4 Å². The van der Waals surface area contributed by atoms with E-state index in [9.17, 15) is 30.7 Å². The summed E-state index contributed by atoms with van der Waals surface area (Å²) in [6.07, 6.45) is -8.97. The maximum atomic E-state index is 14.1. The molecule has 1 atom stereocenters. The zero-order valence-corrected chi connectivity index (χ0v) is 19.0. The molecule has 1 aliphatic rings. The average Bonchev–Trinajstić information content (AvgIpc) is 3.41. The molecule has 0 saturated heterocycles. The molecule has 2 heterocycles. The van der Waals surface area contributed by atoms with Crippen LogP contribution in [0.1, 0.15) is 17.7 Å². The molecule has 0 aliphatic carbocycles. The molecule has 0 spiro atoms. The number of rotatable bonds is 3. The van der Waals surface area contributed by atoms with Gasteiger partial charge in [0.2, 0.25) is 0 Å². The second-order valence-electron chi connectivity index (χ2n) is 7.34. The lowest BCUT2D eigenvalue weighted by Gasteiger charge is -2.29. The number of hydrogen-bond acceptors (Lipinski definition) is 4. The van der Waals surface area contributed by atoms with Gasteiger partial charge in [0.1, 0.15) is 0 Å². The Kier molecular flexibility index (Phi) is 6.35.